The van der Waals surface area contributed by atoms with Crippen LogP contribution < -0.4 is 5.73 Å². The minimum Gasteiger partial charge on any atom is -0.369 e. The Morgan fingerprint density at radius 3 is 2.62 bits per heavy atom. The monoisotopic (exact) mass is 328 g/mol. The van der Waals surface area contributed by atoms with Crippen LogP contribution in [0.25, 0.3) is 11.0 Å². The first-order valence-corrected chi connectivity index (χ1v) is 8.48. The first kappa shape index (κ1) is 16.5. The molecule has 0 unspecified atom stereocenters. The Morgan fingerprint density at radius 1 is 1.29 bits per heavy atom. The standard InChI is InChI=1S/C18H24N4O2/c1-12(2)22-11-20-15-9-13(3-4-16(15)22)10-17(23)21-7-5-14(6-8-21)18(19)24/h3-4,9,11-12,14H,5-8,10H2,1-2H3,(H2,19,24). The van der Waals surface area contributed by atoms with Crippen LogP contribution >= 0.6 is 0 Å². The van der Waals surface area contributed by atoms with Gasteiger partial charge in [0.15, 0.2) is 0 Å². The summed E-state index contributed by atoms with van der Waals surface area (Å²) in [6.45, 7) is 5.45. The molecule has 0 saturated carbocycles. The summed E-state index contributed by atoms with van der Waals surface area (Å²) in [7, 11) is 0. The van der Waals surface area contributed by atoms with Crippen molar-refractivity contribution in [2.45, 2.75) is 39.2 Å². The summed E-state index contributed by atoms with van der Waals surface area (Å²) in [5.74, 6) is -0.251. The Labute approximate surface area is 141 Å². The minimum absolute atomic E-state index is 0.0922. The van der Waals surface area contributed by atoms with Gasteiger partial charge in [0.25, 0.3) is 0 Å². The van der Waals surface area contributed by atoms with Gasteiger partial charge in [0.1, 0.15) is 0 Å². The molecule has 0 atom stereocenters. The molecule has 0 bridgehead atoms. The molecule has 0 spiro atoms. The lowest BCUT2D eigenvalue weighted by molar-refractivity contribution is -0.134. The van der Waals surface area contributed by atoms with Crippen molar-refractivity contribution in [3.05, 3.63) is 30.1 Å². The first-order chi connectivity index (χ1) is 11.5. The molecule has 0 radical (unpaired) electrons. The van der Waals surface area contributed by atoms with E-state index in [4.69, 9.17) is 5.73 Å². The lowest BCUT2D eigenvalue weighted by Gasteiger charge is -2.30. The fourth-order valence-corrected chi connectivity index (χ4v) is 3.30. The normalized spacial score (nSPS) is 16.0. The van der Waals surface area contributed by atoms with Crippen molar-refractivity contribution < 1.29 is 9.59 Å². The summed E-state index contributed by atoms with van der Waals surface area (Å²) in [6, 6.07) is 6.37. The van der Waals surface area contributed by atoms with E-state index >= 15 is 0 Å². The highest BCUT2D eigenvalue weighted by Crippen LogP contribution is 2.21. The molecule has 1 aromatic carbocycles. The van der Waals surface area contributed by atoms with Crippen molar-refractivity contribution in [1.29, 1.82) is 0 Å². The van der Waals surface area contributed by atoms with Crippen molar-refractivity contribution in [1.82, 2.24) is 14.5 Å². The Bertz CT molecular complexity index is 757. The van der Waals surface area contributed by atoms with Crippen LogP contribution in [0.2, 0.25) is 0 Å². The van der Waals surface area contributed by atoms with Crippen molar-refractivity contribution in [3.8, 4) is 0 Å². The number of imidazole rings is 1. The fraction of sp³-hybridized carbons (Fsp3) is 0.500. The van der Waals surface area contributed by atoms with Gasteiger partial charge in [-0.15, -0.1) is 0 Å². The number of carbonyl (C=O) groups excluding carboxylic acids is 2. The SMILES string of the molecule is CC(C)n1cnc2cc(CC(=O)N3CCC(C(N)=O)CC3)ccc21. The van der Waals surface area contributed by atoms with E-state index in [1.54, 1.807) is 0 Å². The molecular formula is C18H24N4O2. The van der Waals surface area contributed by atoms with Crippen LogP contribution in [0.1, 0.15) is 38.3 Å². The maximum atomic E-state index is 12.5. The number of nitrogens with two attached hydrogens (primary N) is 1. The van der Waals surface area contributed by atoms with Gasteiger partial charge >= 0.3 is 0 Å². The summed E-state index contributed by atoms with van der Waals surface area (Å²) in [6.07, 6.45) is 3.54. The molecule has 0 aliphatic carbocycles. The summed E-state index contributed by atoms with van der Waals surface area (Å²) in [5, 5.41) is 0. The van der Waals surface area contributed by atoms with E-state index in [9.17, 15) is 9.59 Å². The highest BCUT2D eigenvalue weighted by molar-refractivity contribution is 5.82. The average Bonchev–Trinajstić information content (AvgIpc) is 2.98. The summed E-state index contributed by atoms with van der Waals surface area (Å²) < 4.78 is 2.12. The zero-order valence-corrected chi connectivity index (χ0v) is 14.2. The van der Waals surface area contributed by atoms with Gasteiger partial charge in [-0.2, -0.15) is 0 Å². The number of benzene rings is 1. The number of aromatic nitrogens is 2. The number of carbonyl (C=O) groups is 2. The molecule has 3 rings (SSSR count). The molecule has 2 amide bonds. The third kappa shape index (κ3) is 3.27. The van der Waals surface area contributed by atoms with Crippen LogP contribution in [-0.4, -0.2) is 39.4 Å². The molecule has 24 heavy (non-hydrogen) atoms. The molecule has 1 aliphatic rings. The second-order valence-electron chi connectivity index (χ2n) is 6.80. The van der Waals surface area contributed by atoms with E-state index in [0.717, 1.165) is 16.6 Å². The predicted molar refractivity (Wildman–Crippen MR) is 92.3 cm³/mol. The van der Waals surface area contributed by atoms with E-state index in [2.05, 4.69) is 23.4 Å². The number of amides is 2. The maximum absolute atomic E-state index is 12.5. The van der Waals surface area contributed by atoms with E-state index in [-0.39, 0.29) is 17.7 Å². The Morgan fingerprint density at radius 2 is 2.00 bits per heavy atom. The molecule has 6 nitrogen and oxygen atoms in total. The van der Waals surface area contributed by atoms with Crippen LogP contribution in [0, 0.1) is 5.92 Å². The smallest absolute Gasteiger partial charge is 0.226 e. The summed E-state index contributed by atoms with van der Waals surface area (Å²) in [4.78, 5) is 29.9. The number of fused-ring (bicyclic) bond motifs is 1. The number of piperidine rings is 1. The molecule has 2 N–H and O–H groups in total. The van der Waals surface area contributed by atoms with E-state index < -0.39 is 0 Å². The average molecular weight is 328 g/mol. The molecule has 1 aromatic heterocycles. The van der Waals surface area contributed by atoms with E-state index in [0.29, 0.717) is 38.4 Å². The van der Waals surface area contributed by atoms with Crippen LogP contribution in [0.15, 0.2) is 24.5 Å². The third-order valence-corrected chi connectivity index (χ3v) is 4.80. The number of nitrogens with zero attached hydrogens (tertiary/aromatic N) is 3. The highest BCUT2D eigenvalue weighted by Gasteiger charge is 2.25. The van der Waals surface area contributed by atoms with Crippen molar-refractivity contribution in [3.63, 3.8) is 0 Å². The zero-order valence-electron chi connectivity index (χ0n) is 14.2. The lowest BCUT2D eigenvalue weighted by Crippen LogP contribution is -2.42. The lowest BCUT2D eigenvalue weighted by atomic mass is 9.96. The number of primary amides is 1. The zero-order chi connectivity index (χ0) is 17.3. The molecule has 6 heteroatoms. The van der Waals surface area contributed by atoms with Gasteiger partial charge in [0, 0.05) is 25.0 Å². The largest absolute Gasteiger partial charge is 0.369 e. The fourth-order valence-electron chi connectivity index (χ4n) is 3.30. The van der Waals surface area contributed by atoms with E-state index in [1.807, 2.05) is 29.4 Å². The van der Waals surface area contributed by atoms with Crippen molar-refractivity contribution in [2.75, 3.05) is 13.1 Å². The number of rotatable bonds is 4. The second-order valence-corrected chi connectivity index (χ2v) is 6.80. The topological polar surface area (TPSA) is 81.2 Å². The van der Waals surface area contributed by atoms with Gasteiger partial charge in [-0.05, 0) is 44.4 Å². The third-order valence-electron chi connectivity index (χ3n) is 4.80. The first-order valence-electron chi connectivity index (χ1n) is 8.48. The Balaban J connectivity index is 1.67. The van der Waals surface area contributed by atoms with Gasteiger partial charge in [-0.1, -0.05) is 6.07 Å². The van der Waals surface area contributed by atoms with Crippen LogP contribution in [0.4, 0.5) is 0 Å². The minimum atomic E-state index is -0.256. The molecular weight excluding hydrogens is 304 g/mol. The molecule has 2 aromatic rings. The molecule has 1 fully saturated rings. The number of hydrogen-bond donors (Lipinski definition) is 1. The number of likely N-dealkylation sites (tertiary alicyclic amines) is 1. The Kier molecular flexibility index (Phi) is 4.55. The van der Waals surface area contributed by atoms with Gasteiger partial charge in [-0.3, -0.25) is 9.59 Å². The van der Waals surface area contributed by atoms with E-state index in [1.165, 1.54) is 0 Å². The van der Waals surface area contributed by atoms with Crippen LogP contribution in [0.3, 0.4) is 0 Å². The molecule has 1 saturated heterocycles. The van der Waals surface area contributed by atoms with Crippen molar-refractivity contribution >= 4 is 22.8 Å². The van der Waals surface area contributed by atoms with Crippen molar-refractivity contribution in [2.24, 2.45) is 11.7 Å². The number of hydrogen-bond acceptors (Lipinski definition) is 3. The summed E-state index contributed by atoms with van der Waals surface area (Å²) >= 11 is 0. The van der Waals surface area contributed by atoms with Gasteiger partial charge < -0.3 is 15.2 Å². The Hall–Kier alpha value is -2.37. The second kappa shape index (κ2) is 6.63. The highest BCUT2D eigenvalue weighted by atomic mass is 16.2. The summed E-state index contributed by atoms with van der Waals surface area (Å²) in [5.41, 5.74) is 8.31. The van der Waals surface area contributed by atoms with Gasteiger partial charge in [-0.25, -0.2) is 4.98 Å². The van der Waals surface area contributed by atoms with Gasteiger partial charge in [0.05, 0.1) is 23.8 Å². The van der Waals surface area contributed by atoms with Crippen LogP contribution in [-0.2, 0) is 16.0 Å². The van der Waals surface area contributed by atoms with Crippen LogP contribution in [0.5, 0.6) is 0 Å². The predicted octanol–water partition coefficient (Wildman–Crippen LogP) is 1.88. The quantitative estimate of drug-likeness (QED) is 0.930. The molecule has 128 valence electrons. The molecule has 1 aliphatic heterocycles. The van der Waals surface area contributed by atoms with Gasteiger partial charge in [0.2, 0.25) is 11.8 Å². The maximum Gasteiger partial charge on any atom is 0.226 e. The molecule has 2 heterocycles.